The second kappa shape index (κ2) is 7.92. The highest BCUT2D eigenvalue weighted by molar-refractivity contribution is 7.86. The maximum Gasteiger partial charge on any atom is 0.298 e. The molecule has 1 saturated heterocycles. The molecule has 0 saturated carbocycles. The van der Waals surface area contributed by atoms with Crippen molar-refractivity contribution in [2.24, 2.45) is 0 Å². The lowest BCUT2D eigenvalue weighted by atomic mass is 10.2. The van der Waals surface area contributed by atoms with E-state index in [2.05, 4.69) is 0 Å². The molecule has 1 fully saturated rings. The van der Waals surface area contributed by atoms with Gasteiger partial charge in [-0.05, 0) is 43.9 Å². The highest BCUT2D eigenvalue weighted by Crippen LogP contribution is 2.25. The van der Waals surface area contributed by atoms with Crippen LogP contribution in [0.4, 0.5) is 0 Å². The average Bonchev–Trinajstić information content (AvgIpc) is 2.47. The largest absolute Gasteiger partial charge is 0.492 e. The van der Waals surface area contributed by atoms with Crippen LogP contribution in [0.3, 0.4) is 0 Å². The fourth-order valence-electron chi connectivity index (χ4n) is 2.24. The van der Waals surface area contributed by atoms with Crippen LogP contribution in [0, 0.1) is 6.92 Å². The lowest BCUT2D eigenvalue weighted by molar-refractivity contribution is -0.163. The van der Waals surface area contributed by atoms with Gasteiger partial charge in [0.1, 0.15) is 10.6 Å². The van der Waals surface area contributed by atoms with Crippen LogP contribution in [-0.4, -0.2) is 39.1 Å². The molecule has 1 aromatic carbocycles. The maximum atomic E-state index is 11.3. The second-order valence-electron chi connectivity index (χ2n) is 5.29. The van der Waals surface area contributed by atoms with Crippen LogP contribution in [0.25, 0.3) is 0 Å². The molecule has 0 amide bonds. The number of aryl methyl sites for hydroxylation is 1. The third kappa shape index (κ3) is 5.24. The van der Waals surface area contributed by atoms with Gasteiger partial charge < -0.3 is 14.2 Å². The van der Waals surface area contributed by atoms with Crippen molar-refractivity contribution < 1.29 is 27.2 Å². The minimum atomic E-state index is -4.29. The Hall–Kier alpha value is -1.15. The first-order chi connectivity index (χ1) is 10.5. The van der Waals surface area contributed by atoms with Crippen LogP contribution in [0.5, 0.6) is 5.75 Å². The molecule has 0 spiro atoms. The molecule has 22 heavy (non-hydrogen) atoms. The van der Waals surface area contributed by atoms with Gasteiger partial charge in [-0.2, -0.15) is 8.42 Å². The number of benzene rings is 1. The van der Waals surface area contributed by atoms with Crippen LogP contribution in [-0.2, 0) is 19.6 Å². The summed E-state index contributed by atoms with van der Waals surface area (Å²) >= 11 is 0. The van der Waals surface area contributed by atoms with Crippen molar-refractivity contribution in [3.8, 4) is 5.75 Å². The van der Waals surface area contributed by atoms with Gasteiger partial charge in [-0.3, -0.25) is 4.55 Å². The molecular formula is C15H22O6S. The molecule has 124 valence electrons. The van der Waals surface area contributed by atoms with Crippen molar-refractivity contribution in [2.75, 3.05) is 19.8 Å². The number of rotatable bonds is 7. The highest BCUT2D eigenvalue weighted by Gasteiger charge is 2.17. The molecule has 0 radical (unpaired) electrons. The van der Waals surface area contributed by atoms with E-state index in [0.29, 0.717) is 19.6 Å². The Labute approximate surface area is 131 Å². The van der Waals surface area contributed by atoms with Gasteiger partial charge in [-0.25, -0.2) is 0 Å². The first kappa shape index (κ1) is 17.2. The zero-order valence-electron chi connectivity index (χ0n) is 12.7. The van der Waals surface area contributed by atoms with Crippen LogP contribution >= 0.6 is 0 Å². The van der Waals surface area contributed by atoms with Crippen molar-refractivity contribution in [3.05, 3.63) is 23.8 Å². The van der Waals surface area contributed by atoms with Crippen LogP contribution in [0.15, 0.2) is 23.1 Å². The molecule has 1 atom stereocenters. The Bertz CT molecular complexity index is 578. The predicted octanol–water partition coefficient (Wildman–Crippen LogP) is 2.55. The topological polar surface area (TPSA) is 82.1 Å². The standard InChI is InChI=1S/C15H22O6S/c1-12-6-7-14(22(16,17)18)13(11-12)19-9-4-10-21-15-5-2-3-8-20-15/h6-7,11,15H,2-5,8-10H2,1H3,(H,16,17,18)/t15-/m0/s1. The first-order valence-electron chi connectivity index (χ1n) is 7.41. The number of ether oxygens (including phenoxy) is 3. The van der Waals surface area contributed by atoms with Gasteiger partial charge in [-0.15, -0.1) is 0 Å². The Kier molecular flexibility index (Phi) is 6.19. The summed E-state index contributed by atoms with van der Waals surface area (Å²) in [5, 5.41) is 0. The third-order valence-corrected chi connectivity index (χ3v) is 4.26. The van der Waals surface area contributed by atoms with E-state index in [1.807, 2.05) is 6.92 Å². The minimum absolute atomic E-state index is 0.138. The minimum Gasteiger partial charge on any atom is -0.492 e. The van der Waals surface area contributed by atoms with Crippen molar-refractivity contribution in [1.82, 2.24) is 0 Å². The fraction of sp³-hybridized carbons (Fsp3) is 0.600. The molecule has 6 nitrogen and oxygen atoms in total. The SMILES string of the molecule is Cc1ccc(S(=O)(=O)O)c(OCCCO[C@H]2CCCCO2)c1. The summed E-state index contributed by atoms with van der Waals surface area (Å²) in [4.78, 5) is -0.213. The summed E-state index contributed by atoms with van der Waals surface area (Å²) in [5.74, 6) is 0.163. The molecule has 0 aromatic heterocycles. The second-order valence-corrected chi connectivity index (χ2v) is 6.68. The van der Waals surface area contributed by atoms with Crippen molar-refractivity contribution in [1.29, 1.82) is 0 Å². The normalized spacial score (nSPS) is 19.1. The lowest BCUT2D eigenvalue weighted by Gasteiger charge is -2.22. The summed E-state index contributed by atoms with van der Waals surface area (Å²) in [5.41, 5.74) is 0.856. The Morgan fingerprint density at radius 3 is 2.82 bits per heavy atom. The Morgan fingerprint density at radius 1 is 1.32 bits per heavy atom. The molecule has 1 aromatic rings. The summed E-state index contributed by atoms with van der Waals surface area (Å²) in [7, 11) is -4.29. The van der Waals surface area contributed by atoms with E-state index >= 15 is 0 Å². The monoisotopic (exact) mass is 330 g/mol. The Morgan fingerprint density at radius 2 is 2.14 bits per heavy atom. The van der Waals surface area contributed by atoms with Crippen LogP contribution < -0.4 is 4.74 Å². The summed E-state index contributed by atoms with van der Waals surface area (Å²) < 4.78 is 48.3. The molecule has 0 unspecified atom stereocenters. The molecule has 7 heteroatoms. The molecule has 1 N–H and O–H groups in total. The van der Waals surface area contributed by atoms with E-state index in [4.69, 9.17) is 14.2 Å². The van der Waals surface area contributed by atoms with Crippen LogP contribution in [0.2, 0.25) is 0 Å². The molecule has 1 aliphatic rings. The fourth-order valence-corrected chi connectivity index (χ4v) is 2.85. The van der Waals surface area contributed by atoms with Crippen molar-refractivity contribution in [2.45, 2.75) is 43.8 Å². The zero-order chi connectivity index (χ0) is 16.0. The molecular weight excluding hydrogens is 308 g/mol. The van der Waals surface area contributed by atoms with E-state index in [0.717, 1.165) is 31.4 Å². The molecule has 0 bridgehead atoms. The smallest absolute Gasteiger partial charge is 0.298 e. The van der Waals surface area contributed by atoms with E-state index in [1.54, 1.807) is 12.1 Å². The molecule has 0 aliphatic carbocycles. The average molecular weight is 330 g/mol. The summed E-state index contributed by atoms with van der Waals surface area (Å²) in [6.45, 7) is 3.35. The highest BCUT2D eigenvalue weighted by atomic mass is 32.2. The van der Waals surface area contributed by atoms with Gasteiger partial charge in [0.2, 0.25) is 0 Å². The zero-order valence-corrected chi connectivity index (χ0v) is 13.5. The predicted molar refractivity (Wildman–Crippen MR) is 80.6 cm³/mol. The van der Waals surface area contributed by atoms with E-state index in [9.17, 15) is 13.0 Å². The van der Waals surface area contributed by atoms with Crippen molar-refractivity contribution >= 4 is 10.1 Å². The van der Waals surface area contributed by atoms with Gasteiger partial charge in [0.05, 0.1) is 13.2 Å². The first-order valence-corrected chi connectivity index (χ1v) is 8.85. The molecule has 2 rings (SSSR count). The van der Waals surface area contributed by atoms with Gasteiger partial charge in [0, 0.05) is 13.0 Å². The van der Waals surface area contributed by atoms with E-state index < -0.39 is 10.1 Å². The van der Waals surface area contributed by atoms with Crippen LogP contribution in [0.1, 0.15) is 31.2 Å². The summed E-state index contributed by atoms with van der Waals surface area (Å²) in [6.07, 6.45) is 3.57. The maximum absolute atomic E-state index is 11.3. The summed E-state index contributed by atoms with van der Waals surface area (Å²) in [6, 6.07) is 4.54. The molecule has 1 aliphatic heterocycles. The van der Waals surface area contributed by atoms with E-state index in [1.165, 1.54) is 6.07 Å². The van der Waals surface area contributed by atoms with Crippen molar-refractivity contribution in [3.63, 3.8) is 0 Å². The van der Waals surface area contributed by atoms with Gasteiger partial charge in [0.15, 0.2) is 6.29 Å². The lowest BCUT2D eigenvalue weighted by Crippen LogP contribution is -2.23. The number of hydrogen-bond donors (Lipinski definition) is 1. The Balaban J connectivity index is 1.80. The van der Waals surface area contributed by atoms with E-state index in [-0.39, 0.29) is 16.9 Å². The van der Waals surface area contributed by atoms with Gasteiger partial charge in [0.25, 0.3) is 10.1 Å². The molecule has 1 heterocycles. The van der Waals surface area contributed by atoms with Gasteiger partial charge in [-0.1, -0.05) is 6.07 Å². The number of hydrogen-bond acceptors (Lipinski definition) is 5. The third-order valence-electron chi connectivity index (χ3n) is 3.37. The quantitative estimate of drug-likeness (QED) is 0.611. The van der Waals surface area contributed by atoms with Gasteiger partial charge >= 0.3 is 0 Å².